The third-order valence-corrected chi connectivity index (χ3v) is 3.68. The predicted octanol–water partition coefficient (Wildman–Crippen LogP) is 3.61. The molecular weight excluding hydrogens is 284 g/mol. The molecule has 0 saturated heterocycles. The fraction of sp³-hybridized carbons (Fsp3) is 0.294. The Hall–Kier alpha value is -2.56. The summed E-state index contributed by atoms with van der Waals surface area (Å²) >= 11 is 0. The van der Waals surface area contributed by atoms with Crippen LogP contribution in [0.25, 0.3) is 11.1 Å². The maximum absolute atomic E-state index is 9.90. The van der Waals surface area contributed by atoms with Gasteiger partial charge in [-0.3, -0.25) is 0 Å². The van der Waals surface area contributed by atoms with Crippen LogP contribution in [0.15, 0.2) is 24.3 Å². The molecule has 0 aliphatic rings. The van der Waals surface area contributed by atoms with Crippen LogP contribution in [0.5, 0.6) is 28.7 Å². The van der Waals surface area contributed by atoms with Crippen molar-refractivity contribution >= 4 is 0 Å². The van der Waals surface area contributed by atoms with Gasteiger partial charge in [0.1, 0.15) is 0 Å². The van der Waals surface area contributed by atoms with E-state index in [1.807, 2.05) is 12.1 Å². The van der Waals surface area contributed by atoms with E-state index in [0.717, 1.165) is 31.2 Å². The van der Waals surface area contributed by atoms with Gasteiger partial charge in [-0.2, -0.15) is 0 Å². The highest BCUT2D eigenvalue weighted by molar-refractivity contribution is 5.85. The average molecular weight is 304 g/mol. The quantitative estimate of drug-likeness (QED) is 0.330. The van der Waals surface area contributed by atoms with E-state index in [4.69, 9.17) is 0 Å². The van der Waals surface area contributed by atoms with Gasteiger partial charge in [0, 0.05) is 0 Å². The van der Waals surface area contributed by atoms with Gasteiger partial charge in [0.15, 0.2) is 11.5 Å². The second-order valence-corrected chi connectivity index (χ2v) is 5.27. The molecule has 2 aromatic rings. The number of aryl methyl sites for hydroxylation is 1. The highest BCUT2D eigenvalue weighted by Crippen LogP contribution is 2.54. The van der Waals surface area contributed by atoms with Gasteiger partial charge in [0.25, 0.3) is 0 Å². The van der Waals surface area contributed by atoms with Crippen molar-refractivity contribution in [2.24, 2.45) is 0 Å². The molecule has 0 bridgehead atoms. The van der Waals surface area contributed by atoms with Gasteiger partial charge in [-0.05, 0) is 24.0 Å². The first kappa shape index (κ1) is 15.8. The van der Waals surface area contributed by atoms with Gasteiger partial charge in [0.05, 0.1) is 5.56 Å². The Morgan fingerprint density at radius 1 is 0.682 bits per heavy atom. The lowest BCUT2D eigenvalue weighted by Gasteiger charge is -2.13. The Balaban J connectivity index is 2.37. The maximum Gasteiger partial charge on any atom is 0.208 e. The maximum atomic E-state index is 9.90. The zero-order valence-corrected chi connectivity index (χ0v) is 12.4. The summed E-state index contributed by atoms with van der Waals surface area (Å²) in [6, 6.07) is 7.10. The van der Waals surface area contributed by atoms with Crippen LogP contribution in [0, 0.1) is 0 Å². The van der Waals surface area contributed by atoms with Crippen molar-refractivity contribution in [3.8, 4) is 39.9 Å². The Morgan fingerprint density at radius 3 is 1.68 bits per heavy atom. The van der Waals surface area contributed by atoms with Gasteiger partial charge < -0.3 is 25.5 Å². The summed E-state index contributed by atoms with van der Waals surface area (Å²) in [5, 5.41) is 48.3. The van der Waals surface area contributed by atoms with Crippen LogP contribution in [0.1, 0.15) is 31.7 Å². The van der Waals surface area contributed by atoms with Crippen molar-refractivity contribution in [1.29, 1.82) is 0 Å². The minimum atomic E-state index is -0.949. The average Bonchev–Trinajstić information content (AvgIpc) is 2.53. The van der Waals surface area contributed by atoms with Crippen molar-refractivity contribution in [1.82, 2.24) is 0 Å². The molecule has 0 amide bonds. The summed E-state index contributed by atoms with van der Waals surface area (Å²) < 4.78 is 0. The fourth-order valence-corrected chi connectivity index (χ4v) is 2.38. The van der Waals surface area contributed by atoms with Crippen LogP contribution in [0.3, 0.4) is 0 Å². The zero-order chi connectivity index (χ0) is 16.3. The van der Waals surface area contributed by atoms with E-state index in [0.29, 0.717) is 5.56 Å². The number of phenols is 5. The number of unbranched alkanes of at least 4 members (excludes halogenated alkanes) is 2. The van der Waals surface area contributed by atoms with Crippen molar-refractivity contribution in [2.45, 2.75) is 32.6 Å². The van der Waals surface area contributed by atoms with Crippen molar-refractivity contribution in [2.75, 3.05) is 0 Å². The third-order valence-electron chi connectivity index (χ3n) is 3.68. The molecule has 0 aliphatic heterocycles. The third kappa shape index (κ3) is 2.88. The summed E-state index contributed by atoms with van der Waals surface area (Å²) in [6.07, 6.45) is 4.33. The summed E-state index contributed by atoms with van der Waals surface area (Å²) in [4.78, 5) is 0. The number of hydrogen-bond acceptors (Lipinski definition) is 5. The van der Waals surface area contributed by atoms with E-state index in [1.54, 1.807) is 12.1 Å². The number of benzene rings is 2. The van der Waals surface area contributed by atoms with Crippen LogP contribution >= 0.6 is 0 Å². The smallest absolute Gasteiger partial charge is 0.208 e. The van der Waals surface area contributed by atoms with Crippen molar-refractivity contribution in [3.05, 3.63) is 29.8 Å². The highest BCUT2D eigenvalue weighted by atomic mass is 16.4. The molecule has 0 aromatic heterocycles. The molecule has 0 heterocycles. The van der Waals surface area contributed by atoms with Gasteiger partial charge in [0.2, 0.25) is 17.2 Å². The number of phenolic OH excluding ortho intramolecular Hbond substituents is 5. The molecule has 5 heteroatoms. The van der Waals surface area contributed by atoms with E-state index in [1.165, 1.54) is 0 Å². The molecule has 2 rings (SSSR count). The van der Waals surface area contributed by atoms with Gasteiger partial charge in [-0.25, -0.2) is 0 Å². The Labute approximate surface area is 128 Å². The minimum absolute atomic E-state index is 0.118. The molecule has 0 fully saturated rings. The molecular formula is C17H20O5. The van der Waals surface area contributed by atoms with Crippen molar-refractivity contribution < 1.29 is 25.5 Å². The molecule has 0 atom stereocenters. The molecule has 5 N–H and O–H groups in total. The molecule has 0 unspecified atom stereocenters. The Morgan fingerprint density at radius 2 is 1.18 bits per heavy atom. The molecule has 2 aromatic carbocycles. The standard InChI is InChI=1S/C17H20O5/c1-2-3-4-5-10-6-8-11(9-7-10)12-13(18)15(20)17(22)16(21)14(12)19/h6-9,18-22H,2-5H2,1H3. The van der Waals surface area contributed by atoms with E-state index < -0.39 is 28.7 Å². The first-order chi connectivity index (χ1) is 10.5. The lowest BCUT2D eigenvalue weighted by atomic mass is 9.99. The molecule has 118 valence electrons. The minimum Gasteiger partial charge on any atom is -0.504 e. The van der Waals surface area contributed by atoms with Crippen LogP contribution in [-0.4, -0.2) is 25.5 Å². The largest absolute Gasteiger partial charge is 0.504 e. The first-order valence-electron chi connectivity index (χ1n) is 7.25. The van der Waals surface area contributed by atoms with Crippen LogP contribution in [0.2, 0.25) is 0 Å². The Bertz CT molecular complexity index is 633. The number of rotatable bonds is 5. The molecule has 22 heavy (non-hydrogen) atoms. The topological polar surface area (TPSA) is 101 Å². The summed E-state index contributed by atoms with van der Waals surface area (Å²) in [7, 11) is 0. The van der Waals surface area contributed by atoms with Gasteiger partial charge in [-0.15, -0.1) is 0 Å². The molecule has 0 saturated carbocycles. The van der Waals surface area contributed by atoms with Crippen LogP contribution in [0.4, 0.5) is 0 Å². The zero-order valence-electron chi connectivity index (χ0n) is 12.4. The molecule has 0 aliphatic carbocycles. The second kappa shape index (κ2) is 6.47. The number of aromatic hydroxyl groups is 5. The summed E-state index contributed by atoms with van der Waals surface area (Å²) in [5.74, 6) is -4.03. The van der Waals surface area contributed by atoms with Crippen LogP contribution in [-0.2, 0) is 6.42 Å². The first-order valence-corrected chi connectivity index (χ1v) is 7.25. The SMILES string of the molecule is CCCCCc1ccc(-c2c(O)c(O)c(O)c(O)c2O)cc1. The lowest BCUT2D eigenvalue weighted by molar-refractivity contribution is 0.330. The molecule has 0 spiro atoms. The molecule has 5 nitrogen and oxygen atoms in total. The summed E-state index contributed by atoms with van der Waals surface area (Å²) in [6.45, 7) is 2.14. The summed E-state index contributed by atoms with van der Waals surface area (Å²) in [5.41, 5.74) is 1.44. The van der Waals surface area contributed by atoms with E-state index in [-0.39, 0.29) is 5.56 Å². The van der Waals surface area contributed by atoms with Crippen LogP contribution < -0.4 is 0 Å². The molecule has 0 radical (unpaired) electrons. The highest BCUT2D eigenvalue weighted by Gasteiger charge is 2.23. The van der Waals surface area contributed by atoms with Crippen molar-refractivity contribution in [3.63, 3.8) is 0 Å². The Kier molecular flexibility index (Phi) is 4.65. The monoisotopic (exact) mass is 304 g/mol. The predicted molar refractivity (Wildman–Crippen MR) is 83.4 cm³/mol. The van der Waals surface area contributed by atoms with E-state index in [9.17, 15) is 25.5 Å². The van der Waals surface area contributed by atoms with E-state index >= 15 is 0 Å². The van der Waals surface area contributed by atoms with E-state index in [2.05, 4.69) is 6.92 Å². The fourth-order valence-electron chi connectivity index (χ4n) is 2.38. The second-order valence-electron chi connectivity index (χ2n) is 5.27. The lowest BCUT2D eigenvalue weighted by Crippen LogP contribution is -1.87. The van der Waals surface area contributed by atoms with Gasteiger partial charge in [-0.1, -0.05) is 44.0 Å². The number of hydrogen-bond donors (Lipinski definition) is 5. The van der Waals surface area contributed by atoms with Gasteiger partial charge >= 0.3 is 0 Å². The normalized spacial score (nSPS) is 10.8.